The fourth-order valence-corrected chi connectivity index (χ4v) is 3.50. The number of nitrogens with zero attached hydrogens (tertiary/aromatic N) is 4. The standard InChI is InChI=1S/C23H23N5O2/c1-4-17-5-7-18(8-6-17)26-21(29)13-27-14-24-22-20(23(27)30)12-25-28(22)19-10-15(2)9-16(3)11-19/h5-12,14H,4,13H2,1-3H3,(H,26,29). The Labute approximate surface area is 174 Å². The van der Waals surface area contributed by atoms with Crippen LogP contribution in [0, 0.1) is 13.8 Å². The molecule has 0 atom stereocenters. The molecule has 2 aromatic heterocycles. The zero-order valence-electron chi connectivity index (χ0n) is 17.2. The van der Waals surface area contributed by atoms with Crippen LogP contribution in [0.1, 0.15) is 23.6 Å². The normalized spacial score (nSPS) is 11.0. The number of nitrogens with one attached hydrogen (secondary N) is 1. The van der Waals surface area contributed by atoms with E-state index in [0.29, 0.717) is 16.7 Å². The lowest BCUT2D eigenvalue weighted by molar-refractivity contribution is -0.116. The largest absolute Gasteiger partial charge is 0.325 e. The molecule has 2 heterocycles. The zero-order valence-corrected chi connectivity index (χ0v) is 17.2. The summed E-state index contributed by atoms with van der Waals surface area (Å²) in [6, 6.07) is 13.7. The van der Waals surface area contributed by atoms with Gasteiger partial charge in [-0.2, -0.15) is 5.10 Å². The minimum atomic E-state index is -0.299. The third kappa shape index (κ3) is 3.87. The molecule has 0 fully saturated rings. The molecule has 7 heteroatoms. The van der Waals surface area contributed by atoms with Crippen LogP contribution in [0.15, 0.2) is 59.8 Å². The van der Waals surface area contributed by atoms with Gasteiger partial charge in [0.05, 0.1) is 11.9 Å². The van der Waals surface area contributed by atoms with Crippen LogP contribution in [0.4, 0.5) is 5.69 Å². The fraction of sp³-hybridized carbons (Fsp3) is 0.217. The van der Waals surface area contributed by atoms with Crippen LogP contribution in [-0.2, 0) is 17.8 Å². The van der Waals surface area contributed by atoms with Gasteiger partial charge in [-0.1, -0.05) is 25.1 Å². The molecule has 1 amide bonds. The van der Waals surface area contributed by atoms with Crippen LogP contribution in [0.3, 0.4) is 0 Å². The summed E-state index contributed by atoms with van der Waals surface area (Å²) < 4.78 is 2.95. The summed E-state index contributed by atoms with van der Waals surface area (Å²) >= 11 is 0. The molecule has 7 nitrogen and oxygen atoms in total. The van der Waals surface area contributed by atoms with E-state index >= 15 is 0 Å². The van der Waals surface area contributed by atoms with E-state index in [1.165, 1.54) is 22.7 Å². The van der Waals surface area contributed by atoms with E-state index in [0.717, 1.165) is 23.2 Å². The van der Waals surface area contributed by atoms with E-state index < -0.39 is 0 Å². The topological polar surface area (TPSA) is 81.8 Å². The highest BCUT2D eigenvalue weighted by Crippen LogP contribution is 2.17. The summed E-state index contributed by atoms with van der Waals surface area (Å²) in [6.45, 7) is 5.98. The Morgan fingerprint density at radius 1 is 1.07 bits per heavy atom. The van der Waals surface area contributed by atoms with Crippen LogP contribution >= 0.6 is 0 Å². The van der Waals surface area contributed by atoms with Gasteiger partial charge >= 0.3 is 0 Å². The third-order valence-electron chi connectivity index (χ3n) is 4.97. The van der Waals surface area contributed by atoms with Gasteiger partial charge in [-0.25, -0.2) is 9.67 Å². The van der Waals surface area contributed by atoms with Crippen molar-refractivity contribution in [2.75, 3.05) is 5.32 Å². The lowest BCUT2D eigenvalue weighted by Gasteiger charge is -2.09. The second-order valence-corrected chi connectivity index (χ2v) is 7.42. The molecule has 152 valence electrons. The highest BCUT2D eigenvalue weighted by atomic mass is 16.2. The van der Waals surface area contributed by atoms with E-state index in [1.807, 2.05) is 50.2 Å². The van der Waals surface area contributed by atoms with Crippen molar-refractivity contribution in [3.63, 3.8) is 0 Å². The Morgan fingerprint density at radius 3 is 2.43 bits per heavy atom. The summed E-state index contributed by atoms with van der Waals surface area (Å²) in [4.78, 5) is 29.7. The van der Waals surface area contributed by atoms with Crippen molar-refractivity contribution in [3.8, 4) is 5.69 Å². The number of hydrogen-bond acceptors (Lipinski definition) is 4. The quantitative estimate of drug-likeness (QED) is 0.556. The van der Waals surface area contributed by atoms with Crippen molar-refractivity contribution in [1.82, 2.24) is 19.3 Å². The van der Waals surface area contributed by atoms with Gasteiger partial charge in [-0.05, 0) is 61.2 Å². The lowest BCUT2D eigenvalue weighted by atomic mass is 10.1. The van der Waals surface area contributed by atoms with Crippen molar-refractivity contribution >= 4 is 22.6 Å². The van der Waals surface area contributed by atoms with Crippen LogP contribution in [-0.4, -0.2) is 25.2 Å². The average molecular weight is 401 g/mol. The molecule has 4 rings (SSSR count). The highest BCUT2D eigenvalue weighted by molar-refractivity contribution is 5.90. The van der Waals surface area contributed by atoms with E-state index in [2.05, 4.69) is 28.4 Å². The molecule has 0 aliphatic rings. The van der Waals surface area contributed by atoms with Gasteiger partial charge in [0.2, 0.25) is 5.91 Å². The van der Waals surface area contributed by atoms with E-state index in [9.17, 15) is 9.59 Å². The fourth-order valence-electron chi connectivity index (χ4n) is 3.50. The summed E-state index contributed by atoms with van der Waals surface area (Å²) in [7, 11) is 0. The predicted octanol–water partition coefficient (Wildman–Crippen LogP) is 3.40. The Balaban J connectivity index is 1.59. The van der Waals surface area contributed by atoms with Crippen molar-refractivity contribution in [1.29, 1.82) is 0 Å². The maximum absolute atomic E-state index is 12.9. The monoisotopic (exact) mass is 401 g/mol. The van der Waals surface area contributed by atoms with Crippen molar-refractivity contribution in [2.24, 2.45) is 0 Å². The number of aromatic nitrogens is 4. The maximum Gasteiger partial charge on any atom is 0.264 e. The number of benzene rings is 2. The minimum Gasteiger partial charge on any atom is -0.325 e. The van der Waals surface area contributed by atoms with E-state index in [4.69, 9.17) is 0 Å². The maximum atomic E-state index is 12.9. The van der Waals surface area contributed by atoms with Gasteiger partial charge in [0.1, 0.15) is 18.3 Å². The van der Waals surface area contributed by atoms with E-state index in [-0.39, 0.29) is 18.0 Å². The average Bonchev–Trinajstić information content (AvgIpc) is 3.15. The Bertz CT molecular complexity index is 1270. The SMILES string of the molecule is CCc1ccc(NC(=O)Cn2cnc3c(cnn3-c3cc(C)cc(C)c3)c2=O)cc1. The summed E-state index contributed by atoms with van der Waals surface area (Å²) in [5.41, 5.74) is 5.11. The number of hydrogen-bond donors (Lipinski definition) is 1. The Morgan fingerprint density at radius 2 is 1.77 bits per heavy atom. The number of rotatable bonds is 5. The Kier molecular flexibility index (Phi) is 5.18. The zero-order chi connectivity index (χ0) is 21.3. The van der Waals surface area contributed by atoms with Crippen LogP contribution in [0.25, 0.3) is 16.7 Å². The molecule has 0 unspecified atom stereocenters. The van der Waals surface area contributed by atoms with E-state index in [1.54, 1.807) is 4.68 Å². The number of fused-ring (bicyclic) bond motifs is 1. The third-order valence-corrected chi connectivity index (χ3v) is 4.97. The molecule has 30 heavy (non-hydrogen) atoms. The summed E-state index contributed by atoms with van der Waals surface area (Å²) in [6.07, 6.45) is 3.83. The van der Waals surface area contributed by atoms with Crippen LogP contribution < -0.4 is 10.9 Å². The van der Waals surface area contributed by atoms with Crippen molar-refractivity contribution in [3.05, 3.63) is 82.0 Å². The molecule has 0 saturated heterocycles. The number of carbonyl (C=O) groups excluding carboxylic acids is 1. The first kappa shape index (κ1) is 19.6. The number of amides is 1. The van der Waals surface area contributed by atoms with Crippen molar-refractivity contribution < 1.29 is 4.79 Å². The molecule has 0 bridgehead atoms. The van der Waals surface area contributed by atoms with Gasteiger partial charge in [0.25, 0.3) is 5.56 Å². The smallest absolute Gasteiger partial charge is 0.264 e. The summed E-state index contributed by atoms with van der Waals surface area (Å²) in [5, 5.41) is 7.54. The molecule has 0 spiro atoms. The molecule has 2 aromatic carbocycles. The minimum absolute atomic E-state index is 0.119. The van der Waals surface area contributed by atoms with Gasteiger partial charge in [-0.3, -0.25) is 14.2 Å². The highest BCUT2D eigenvalue weighted by Gasteiger charge is 2.14. The first-order chi connectivity index (χ1) is 14.4. The first-order valence-corrected chi connectivity index (χ1v) is 9.85. The molecule has 0 aliphatic heterocycles. The van der Waals surface area contributed by atoms with Crippen LogP contribution in [0.2, 0.25) is 0 Å². The molecular formula is C23H23N5O2. The second-order valence-electron chi connectivity index (χ2n) is 7.42. The van der Waals surface area contributed by atoms with Gasteiger partial charge in [-0.15, -0.1) is 0 Å². The Hall–Kier alpha value is -3.74. The van der Waals surface area contributed by atoms with Gasteiger partial charge < -0.3 is 5.32 Å². The first-order valence-electron chi connectivity index (χ1n) is 9.85. The molecule has 0 aliphatic carbocycles. The molecule has 0 saturated carbocycles. The van der Waals surface area contributed by atoms with Crippen LogP contribution in [0.5, 0.6) is 0 Å². The number of aryl methyl sites for hydroxylation is 3. The van der Waals surface area contributed by atoms with Crippen molar-refractivity contribution in [2.45, 2.75) is 33.7 Å². The molecule has 4 aromatic rings. The van der Waals surface area contributed by atoms with Gasteiger partial charge in [0.15, 0.2) is 5.65 Å². The lowest BCUT2D eigenvalue weighted by Crippen LogP contribution is -2.27. The predicted molar refractivity (Wildman–Crippen MR) is 117 cm³/mol. The second kappa shape index (κ2) is 7.94. The van der Waals surface area contributed by atoms with Gasteiger partial charge in [0, 0.05) is 5.69 Å². The molecular weight excluding hydrogens is 378 g/mol. The molecule has 1 N–H and O–H groups in total. The number of carbonyl (C=O) groups is 1. The summed E-state index contributed by atoms with van der Waals surface area (Å²) in [5.74, 6) is -0.288. The molecule has 0 radical (unpaired) electrons. The number of anilines is 1.